The summed E-state index contributed by atoms with van der Waals surface area (Å²) in [6.45, 7) is 5.94. The predicted octanol–water partition coefficient (Wildman–Crippen LogP) is 3.60. The Hall–Kier alpha value is -0.890. The minimum atomic E-state index is 0.183. The number of allylic oxidation sites excluding steroid dienone is 2. The van der Waals surface area contributed by atoms with E-state index >= 15 is 0 Å². The predicted molar refractivity (Wildman–Crippen MR) is 57.4 cm³/mol. The number of ketones is 1. The van der Waals surface area contributed by atoms with E-state index in [1.54, 1.807) is 11.3 Å². The van der Waals surface area contributed by atoms with Crippen molar-refractivity contribution in [3.63, 3.8) is 0 Å². The maximum atomic E-state index is 11.8. The first-order valence-corrected chi connectivity index (χ1v) is 5.27. The average Bonchev–Trinajstić information content (AvgIpc) is 2.54. The number of hydrogen-bond acceptors (Lipinski definition) is 2. The fourth-order valence-electron chi connectivity index (χ4n) is 1.21. The second-order valence-electron chi connectivity index (χ2n) is 2.91. The van der Waals surface area contributed by atoms with E-state index in [9.17, 15) is 4.79 Å². The highest BCUT2D eigenvalue weighted by Gasteiger charge is 2.10. The zero-order valence-corrected chi connectivity index (χ0v) is 9.07. The van der Waals surface area contributed by atoms with Crippen molar-refractivity contribution in [2.24, 2.45) is 0 Å². The Morgan fingerprint density at radius 3 is 2.62 bits per heavy atom. The summed E-state index contributed by atoms with van der Waals surface area (Å²) in [5.41, 5.74) is 0.904. The quantitative estimate of drug-likeness (QED) is 0.531. The molecule has 0 spiro atoms. The smallest absolute Gasteiger partial charge is 0.198 e. The van der Waals surface area contributed by atoms with Gasteiger partial charge in [0.1, 0.15) is 0 Å². The number of Topliss-reactive ketones (excluding diaryl/α,β-unsaturated/α-hetero) is 1. The molecule has 0 N–H and O–H groups in total. The zero-order valence-electron chi connectivity index (χ0n) is 8.26. The standard InChI is InChI=1S/C11H14OS/c1-4-9(5-2)11(12)10-7-6-8(3)13-10/h4,6-7H,5H2,1-3H3/b9-4-. The molecule has 0 amide bonds. The third-order valence-electron chi connectivity index (χ3n) is 1.99. The van der Waals surface area contributed by atoms with Crippen LogP contribution in [0.15, 0.2) is 23.8 Å². The fourth-order valence-corrected chi connectivity index (χ4v) is 2.05. The first-order chi connectivity index (χ1) is 6.19. The Morgan fingerprint density at radius 2 is 2.23 bits per heavy atom. The summed E-state index contributed by atoms with van der Waals surface area (Å²) in [7, 11) is 0. The largest absolute Gasteiger partial charge is 0.288 e. The Labute approximate surface area is 83.1 Å². The molecule has 0 aromatic carbocycles. The number of rotatable bonds is 3. The zero-order chi connectivity index (χ0) is 9.84. The molecule has 0 atom stereocenters. The van der Waals surface area contributed by atoms with Crippen LogP contribution in [-0.2, 0) is 0 Å². The van der Waals surface area contributed by atoms with E-state index in [0.29, 0.717) is 0 Å². The first-order valence-electron chi connectivity index (χ1n) is 4.45. The van der Waals surface area contributed by atoms with E-state index in [2.05, 4.69) is 0 Å². The van der Waals surface area contributed by atoms with Crippen molar-refractivity contribution in [3.05, 3.63) is 33.5 Å². The van der Waals surface area contributed by atoms with Crippen LogP contribution in [0.2, 0.25) is 0 Å². The minimum Gasteiger partial charge on any atom is -0.288 e. The highest BCUT2D eigenvalue weighted by molar-refractivity contribution is 7.14. The molecule has 1 heterocycles. The van der Waals surface area contributed by atoms with Gasteiger partial charge in [0.25, 0.3) is 0 Å². The second kappa shape index (κ2) is 4.38. The van der Waals surface area contributed by atoms with Gasteiger partial charge in [0.05, 0.1) is 4.88 Å². The van der Waals surface area contributed by atoms with Gasteiger partial charge in [-0.25, -0.2) is 0 Å². The van der Waals surface area contributed by atoms with Gasteiger partial charge in [-0.05, 0) is 38.0 Å². The van der Waals surface area contributed by atoms with E-state index in [1.165, 1.54) is 4.88 Å². The summed E-state index contributed by atoms with van der Waals surface area (Å²) in [6.07, 6.45) is 2.71. The lowest BCUT2D eigenvalue weighted by Gasteiger charge is -1.98. The molecule has 1 rings (SSSR count). The van der Waals surface area contributed by atoms with Crippen LogP contribution in [0.4, 0.5) is 0 Å². The van der Waals surface area contributed by atoms with Crippen LogP contribution in [-0.4, -0.2) is 5.78 Å². The van der Waals surface area contributed by atoms with Crippen LogP contribution in [0.25, 0.3) is 0 Å². The molecule has 13 heavy (non-hydrogen) atoms. The maximum Gasteiger partial charge on any atom is 0.198 e. The van der Waals surface area contributed by atoms with E-state index < -0.39 is 0 Å². The van der Waals surface area contributed by atoms with E-state index in [0.717, 1.165) is 16.9 Å². The van der Waals surface area contributed by atoms with Gasteiger partial charge in [0, 0.05) is 4.88 Å². The fraction of sp³-hybridized carbons (Fsp3) is 0.364. The van der Waals surface area contributed by atoms with Crippen molar-refractivity contribution >= 4 is 17.1 Å². The van der Waals surface area contributed by atoms with E-state index in [4.69, 9.17) is 0 Å². The Kier molecular flexibility index (Phi) is 3.43. The summed E-state index contributed by atoms with van der Waals surface area (Å²) in [5.74, 6) is 0.183. The molecule has 0 fully saturated rings. The topological polar surface area (TPSA) is 17.1 Å². The van der Waals surface area contributed by atoms with E-state index in [1.807, 2.05) is 39.0 Å². The Balaban J connectivity index is 2.91. The van der Waals surface area contributed by atoms with Crippen molar-refractivity contribution in [1.29, 1.82) is 0 Å². The molecule has 1 nitrogen and oxygen atoms in total. The van der Waals surface area contributed by atoms with Crippen molar-refractivity contribution < 1.29 is 4.79 Å². The van der Waals surface area contributed by atoms with Crippen LogP contribution >= 0.6 is 11.3 Å². The van der Waals surface area contributed by atoms with Crippen molar-refractivity contribution in [1.82, 2.24) is 0 Å². The summed E-state index contributed by atoms with van der Waals surface area (Å²) in [4.78, 5) is 13.8. The van der Waals surface area contributed by atoms with Gasteiger partial charge in [-0.3, -0.25) is 4.79 Å². The molecule has 70 valence electrons. The summed E-state index contributed by atoms with van der Waals surface area (Å²) < 4.78 is 0. The van der Waals surface area contributed by atoms with Crippen LogP contribution in [0.3, 0.4) is 0 Å². The summed E-state index contributed by atoms with van der Waals surface area (Å²) in [5, 5.41) is 0. The molecule has 0 aliphatic heterocycles. The second-order valence-corrected chi connectivity index (χ2v) is 4.19. The van der Waals surface area contributed by atoms with E-state index in [-0.39, 0.29) is 5.78 Å². The lowest BCUT2D eigenvalue weighted by molar-refractivity contribution is 0.103. The monoisotopic (exact) mass is 194 g/mol. The van der Waals surface area contributed by atoms with Crippen molar-refractivity contribution in [2.45, 2.75) is 27.2 Å². The number of hydrogen-bond donors (Lipinski definition) is 0. The molecule has 0 aliphatic carbocycles. The number of aryl methyl sites for hydroxylation is 1. The summed E-state index contributed by atoms with van der Waals surface area (Å²) in [6, 6.07) is 3.89. The van der Waals surface area contributed by atoms with Crippen molar-refractivity contribution in [2.75, 3.05) is 0 Å². The van der Waals surface area contributed by atoms with Crippen LogP contribution < -0.4 is 0 Å². The molecule has 0 saturated heterocycles. The lowest BCUT2D eigenvalue weighted by Crippen LogP contribution is -1.99. The number of carbonyl (C=O) groups excluding carboxylic acids is 1. The first kappa shape index (κ1) is 10.2. The van der Waals surface area contributed by atoms with Gasteiger partial charge in [0.2, 0.25) is 0 Å². The molecule has 2 heteroatoms. The molecular weight excluding hydrogens is 180 g/mol. The lowest BCUT2D eigenvalue weighted by atomic mass is 10.1. The third kappa shape index (κ3) is 2.28. The molecule has 0 unspecified atom stereocenters. The van der Waals surface area contributed by atoms with Gasteiger partial charge in [-0.15, -0.1) is 11.3 Å². The van der Waals surface area contributed by atoms with Crippen molar-refractivity contribution in [3.8, 4) is 0 Å². The maximum absolute atomic E-state index is 11.8. The molecule has 0 bridgehead atoms. The highest BCUT2D eigenvalue weighted by Crippen LogP contribution is 2.19. The Morgan fingerprint density at radius 1 is 1.54 bits per heavy atom. The molecule has 1 aromatic heterocycles. The molecule has 0 radical (unpaired) electrons. The van der Waals surface area contributed by atoms with Gasteiger partial charge in [0.15, 0.2) is 5.78 Å². The average molecular weight is 194 g/mol. The highest BCUT2D eigenvalue weighted by atomic mass is 32.1. The molecule has 0 saturated carbocycles. The minimum absolute atomic E-state index is 0.183. The molecule has 0 aliphatic rings. The number of thiophene rings is 1. The number of carbonyl (C=O) groups is 1. The van der Waals surface area contributed by atoms with Gasteiger partial charge in [-0.2, -0.15) is 0 Å². The van der Waals surface area contributed by atoms with Crippen LogP contribution in [0.1, 0.15) is 34.8 Å². The van der Waals surface area contributed by atoms with Crippen LogP contribution in [0, 0.1) is 6.92 Å². The molecular formula is C11H14OS. The SMILES string of the molecule is C/C=C(/CC)C(=O)c1ccc(C)s1. The summed E-state index contributed by atoms with van der Waals surface area (Å²) >= 11 is 1.56. The normalized spacial score (nSPS) is 11.8. The molecule has 1 aromatic rings. The Bertz CT molecular complexity index is 334. The third-order valence-corrected chi connectivity index (χ3v) is 2.98. The van der Waals surface area contributed by atoms with Gasteiger partial charge < -0.3 is 0 Å². The van der Waals surface area contributed by atoms with Crippen LogP contribution in [0.5, 0.6) is 0 Å². The van der Waals surface area contributed by atoms with Gasteiger partial charge >= 0.3 is 0 Å². The van der Waals surface area contributed by atoms with Gasteiger partial charge in [-0.1, -0.05) is 13.0 Å².